The van der Waals surface area contributed by atoms with Crippen LogP contribution in [0.4, 0.5) is 11.6 Å². The highest BCUT2D eigenvalue weighted by Gasteiger charge is 2.27. The molecule has 1 saturated heterocycles. The monoisotopic (exact) mass is 377 g/mol. The van der Waals surface area contributed by atoms with Crippen molar-refractivity contribution >= 4 is 17.5 Å². The summed E-state index contributed by atoms with van der Waals surface area (Å²) in [4.78, 5) is 23.4. The maximum atomic E-state index is 12.7. The van der Waals surface area contributed by atoms with Crippen LogP contribution in [0.25, 0.3) is 5.82 Å². The summed E-state index contributed by atoms with van der Waals surface area (Å²) in [6.07, 6.45) is 5.39. The fourth-order valence-corrected chi connectivity index (χ4v) is 3.48. The van der Waals surface area contributed by atoms with E-state index in [1.54, 1.807) is 6.20 Å². The van der Waals surface area contributed by atoms with Crippen LogP contribution in [0.2, 0.25) is 0 Å². The maximum absolute atomic E-state index is 12.7. The molecular formula is C20H23N7O. The van der Waals surface area contributed by atoms with Gasteiger partial charge in [0.2, 0.25) is 5.91 Å². The fourth-order valence-electron chi connectivity index (χ4n) is 3.48. The maximum Gasteiger partial charge on any atom is 0.230 e. The lowest BCUT2D eigenvalue weighted by Gasteiger charge is -2.32. The Morgan fingerprint density at radius 1 is 1.14 bits per heavy atom. The van der Waals surface area contributed by atoms with E-state index in [0.29, 0.717) is 12.4 Å². The number of hydrogen-bond acceptors (Lipinski definition) is 6. The molecule has 8 nitrogen and oxygen atoms in total. The Bertz CT molecular complexity index is 967. The van der Waals surface area contributed by atoms with Crippen molar-refractivity contribution in [1.29, 1.82) is 0 Å². The molecule has 0 aliphatic carbocycles. The number of imidazole rings is 1. The van der Waals surface area contributed by atoms with E-state index in [9.17, 15) is 4.79 Å². The molecule has 3 aromatic heterocycles. The zero-order valence-corrected chi connectivity index (χ0v) is 16.0. The molecule has 4 rings (SSSR count). The van der Waals surface area contributed by atoms with Gasteiger partial charge in [0.15, 0.2) is 11.6 Å². The minimum atomic E-state index is -0.103. The first-order valence-corrected chi connectivity index (χ1v) is 9.44. The van der Waals surface area contributed by atoms with Crippen molar-refractivity contribution in [2.75, 3.05) is 23.3 Å². The highest BCUT2D eigenvalue weighted by Crippen LogP contribution is 2.23. The van der Waals surface area contributed by atoms with Gasteiger partial charge in [0.05, 0.1) is 5.92 Å². The summed E-state index contributed by atoms with van der Waals surface area (Å²) < 4.78 is 1.89. The van der Waals surface area contributed by atoms with Gasteiger partial charge in [-0.05, 0) is 51.0 Å². The summed E-state index contributed by atoms with van der Waals surface area (Å²) in [6.45, 7) is 5.32. The summed E-state index contributed by atoms with van der Waals surface area (Å²) in [5.74, 6) is 2.88. The third kappa shape index (κ3) is 3.85. The zero-order chi connectivity index (χ0) is 19.5. The normalized spacial score (nSPS) is 16.8. The van der Waals surface area contributed by atoms with Gasteiger partial charge in [-0.15, -0.1) is 10.2 Å². The van der Waals surface area contributed by atoms with Crippen molar-refractivity contribution in [2.24, 2.45) is 5.92 Å². The van der Waals surface area contributed by atoms with Gasteiger partial charge in [-0.2, -0.15) is 0 Å². The summed E-state index contributed by atoms with van der Waals surface area (Å²) in [5, 5.41) is 11.6. The molecule has 0 radical (unpaired) electrons. The quantitative estimate of drug-likeness (QED) is 0.752. The standard InChI is InChI=1S/C20H23N7O/c1-14-5-3-7-17(22-14)23-20(28)16-6-4-11-26(13-16)18-8-9-19(25-24-18)27-12-10-21-15(27)2/h3,5,7-10,12,16H,4,6,11,13H2,1-2H3,(H,22,23,28). The van der Waals surface area contributed by atoms with Gasteiger partial charge in [0, 0.05) is 31.2 Å². The molecule has 4 heterocycles. The van der Waals surface area contributed by atoms with E-state index in [1.807, 2.05) is 54.9 Å². The smallest absolute Gasteiger partial charge is 0.230 e. The van der Waals surface area contributed by atoms with Gasteiger partial charge in [-0.1, -0.05) is 6.07 Å². The van der Waals surface area contributed by atoms with Crippen molar-refractivity contribution < 1.29 is 4.79 Å². The topological polar surface area (TPSA) is 88.8 Å². The third-order valence-corrected chi connectivity index (χ3v) is 4.96. The number of pyridine rings is 1. The molecule has 0 aromatic carbocycles. The average Bonchev–Trinajstić information content (AvgIpc) is 3.14. The first-order chi connectivity index (χ1) is 13.6. The minimum absolute atomic E-state index is 0.00131. The van der Waals surface area contributed by atoms with Crippen LogP contribution in [-0.4, -0.2) is 43.7 Å². The Morgan fingerprint density at radius 2 is 1.96 bits per heavy atom. The number of nitrogens with zero attached hydrogens (tertiary/aromatic N) is 6. The van der Waals surface area contributed by atoms with E-state index >= 15 is 0 Å². The second kappa shape index (κ2) is 7.75. The largest absolute Gasteiger partial charge is 0.354 e. The molecule has 0 spiro atoms. The average molecular weight is 377 g/mol. The highest BCUT2D eigenvalue weighted by atomic mass is 16.2. The number of hydrogen-bond donors (Lipinski definition) is 1. The second-order valence-corrected chi connectivity index (χ2v) is 7.03. The van der Waals surface area contributed by atoms with Crippen LogP contribution >= 0.6 is 0 Å². The molecule has 0 saturated carbocycles. The molecule has 8 heteroatoms. The van der Waals surface area contributed by atoms with Crippen LogP contribution in [0.1, 0.15) is 24.4 Å². The predicted molar refractivity (Wildman–Crippen MR) is 106 cm³/mol. The van der Waals surface area contributed by atoms with Crippen LogP contribution in [0.3, 0.4) is 0 Å². The predicted octanol–water partition coefficient (Wildman–Crippen LogP) is 2.53. The molecule has 1 N–H and O–H groups in total. The van der Waals surface area contributed by atoms with Crippen LogP contribution < -0.4 is 10.2 Å². The van der Waals surface area contributed by atoms with Gasteiger partial charge in [0.1, 0.15) is 11.6 Å². The van der Waals surface area contributed by atoms with E-state index in [4.69, 9.17) is 0 Å². The van der Waals surface area contributed by atoms with Crippen LogP contribution in [0, 0.1) is 19.8 Å². The molecule has 144 valence electrons. The van der Waals surface area contributed by atoms with E-state index in [2.05, 4.69) is 30.4 Å². The summed E-state index contributed by atoms with van der Waals surface area (Å²) in [6, 6.07) is 9.49. The van der Waals surface area contributed by atoms with Crippen molar-refractivity contribution in [3.8, 4) is 5.82 Å². The zero-order valence-electron chi connectivity index (χ0n) is 16.0. The van der Waals surface area contributed by atoms with Crippen LogP contribution in [0.5, 0.6) is 0 Å². The first kappa shape index (κ1) is 18.1. The SMILES string of the molecule is Cc1cccc(NC(=O)C2CCCN(c3ccc(-n4ccnc4C)nn3)C2)n1. The van der Waals surface area contributed by atoms with Crippen molar-refractivity contribution in [3.05, 3.63) is 54.2 Å². The van der Waals surface area contributed by atoms with Gasteiger partial charge < -0.3 is 10.2 Å². The lowest BCUT2D eigenvalue weighted by atomic mass is 9.97. The molecule has 1 aliphatic heterocycles. The Hall–Kier alpha value is -3.29. The second-order valence-electron chi connectivity index (χ2n) is 7.03. The number of rotatable bonds is 4. The number of aromatic nitrogens is 5. The third-order valence-electron chi connectivity index (χ3n) is 4.96. The summed E-state index contributed by atoms with van der Waals surface area (Å²) in [5.41, 5.74) is 0.881. The van der Waals surface area contributed by atoms with E-state index in [0.717, 1.165) is 42.5 Å². The Balaban J connectivity index is 1.43. The number of carbonyl (C=O) groups is 1. The molecular weight excluding hydrogens is 354 g/mol. The van der Waals surface area contributed by atoms with Gasteiger partial charge in [-0.25, -0.2) is 9.97 Å². The highest BCUT2D eigenvalue weighted by molar-refractivity contribution is 5.92. The lowest BCUT2D eigenvalue weighted by Crippen LogP contribution is -2.41. The van der Waals surface area contributed by atoms with Crippen molar-refractivity contribution in [3.63, 3.8) is 0 Å². The first-order valence-electron chi connectivity index (χ1n) is 9.44. The molecule has 0 bridgehead atoms. The fraction of sp³-hybridized carbons (Fsp3) is 0.350. The van der Waals surface area contributed by atoms with Gasteiger partial charge in [-0.3, -0.25) is 9.36 Å². The molecule has 1 unspecified atom stereocenters. The Kier molecular flexibility index (Phi) is 5.01. The number of carbonyl (C=O) groups excluding carboxylic acids is 1. The molecule has 1 atom stereocenters. The van der Waals surface area contributed by atoms with Gasteiger partial charge in [0.25, 0.3) is 0 Å². The number of aryl methyl sites for hydroxylation is 2. The number of amides is 1. The lowest BCUT2D eigenvalue weighted by molar-refractivity contribution is -0.120. The molecule has 1 amide bonds. The summed E-state index contributed by atoms with van der Waals surface area (Å²) in [7, 11) is 0. The Morgan fingerprint density at radius 3 is 2.68 bits per heavy atom. The molecule has 3 aromatic rings. The van der Waals surface area contributed by atoms with E-state index in [1.165, 1.54) is 0 Å². The number of piperidine rings is 1. The van der Waals surface area contributed by atoms with E-state index in [-0.39, 0.29) is 11.8 Å². The number of nitrogens with one attached hydrogen (secondary N) is 1. The molecule has 1 fully saturated rings. The molecule has 1 aliphatic rings. The van der Waals surface area contributed by atoms with Crippen LogP contribution in [-0.2, 0) is 4.79 Å². The minimum Gasteiger partial charge on any atom is -0.354 e. The van der Waals surface area contributed by atoms with Crippen molar-refractivity contribution in [2.45, 2.75) is 26.7 Å². The van der Waals surface area contributed by atoms with Gasteiger partial charge >= 0.3 is 0 Å². The van der Waals surface area contributed by atoms with E-state index < -0.39 is 0 Å². The Labute approximate surface area is 163 Å². The molecule has 28 heavy (non-hydrogen) atoms. The summed E-state index contributed by atoms with van der Waals surface area (Å²) >= 11 is 0. The van der Waals surface area contributed by atoms with Crippen molar-refractivity contribution in [1.82, 2.24) is 24.7 Å². The number of anilines is 2. The van der Waals surface area contributed by atoms with Crippen LogP contribution in [0.15, 0.2) is 42.7 Å².